The Hall–Kier alpha value is -0.640. The Kier molecular flexibility index (Phi) is 4.37. The molecule has 1 N–H and O–H groups in total. The molecule has 17 heavy (non-hydrogen) atoms. The molecular formula is C13H18ClFN2. The molecule has 1 aliphatic rings. The molecule has 1 aliphatic heterocycles. The molecular weight excluding hydrogens is 239 g/mol. The Labute approximate surface area is 107 Å². The molecule has 0 radical (unpaired) electrons. The Balaban J connectivity index is 2.10. The van der Waals surface area contributed by atoms with E-state index in [4.69, 9.17) is 11.6 Å². The van der Waals surface area contributed by atoms with E-state index in [-0.39, 0.29) is 5.82 Å². The molecule has 1 heterocycles. The highest BCUT2D eigenvalue weighted by Gasteiger charge is 2.18. The van der Waals surface area contributed by atoms with Gasteiger partial charge in [-0.15, -0.1) is 0 Å². The van der Waals surface area contributed by atoms with Crippen LogP contribution in [-0.2, 0) is 6.54 Å². The van der Waals surface area contributed by atoms with E-state index in [1.165, 1.54) is 6.07 Å². The van der Waals surface area contributed by atoms with Crippen LogP contribution in [0, 0.1) is 5.82 Å². The molecule has 1 aromatic rings. The van der Waals surface area contributed by atoms with E-state index in [0.29, 0.717) is 23.2 Å². The number of hydrogen-bond donors (Lipinski definition) is 1. The topological polar surface area (TPSA) is 15.3 Å². The summed E-state index contributed by atoms with van der Waals surface area (Å²) in [7, 11) is 0. The van der Waals surface area contributed by atoms with E-state index in [9.17, 15) is 4.39 Å². The largest absolute Gasteiger partial charge is 0.315 e. The van der Waals surface area contributed by atoms with Gasteiger partial charge in [0.15, 0.2) is 0 Å². The third-order valence-corrected chi connectivity index (χ3v) is 3.55. The number of hydrogen-bond acceptors (Lipinski definition) is 2. The lowest BCUT2D eigenvalue weighted by molar-refractivity contribution is 0.209. The van der Waals surface area contributed by atoms with Crippen LogP contribution < -0.4 is 5.32 Å². The van der Waals surface area contributed by atoms with Crippen molar-refractivity contribution in [2.75, 3.05) is 19.6 Å². The highest BCUT2D eigenvalue weighted by atomic mass is 35.5. The van der Waals surface area contributed by atoms with E-state index < -0.39 is 0 Å². The molecule has 1 unspecified atom stereocenters. The van der Waals surface area contributed by atoms with Crippen LogP contribution in [0.25, 0.3) is 0 Å². The first-order valence-corrected chi connectivity index (χ1v) is 6.43. The molecule has 1 fully saturated rings. The summed E-state index contributed by atoms with van der Waals surface area (Å²) in [4.78, 5) is 2.30. The van der Waals surface area contributed by atoms with Crippen molar-refractivity contribution < 1.29 is 4.39 Å². The first-order chi connectivity index (χ1) is 8.16. The highest BCUT2D eigenvalue weighted by molar-refractivity contribution is 6.30. The van der Waals surface area contributed by atoms with Crippen LogP contribution >= 0.6 is 11.6 Å². The van der Waals surface area contributed by atoms with E-state index >= 15 is 0 Å². The van der Waals surface area contributed by atoms with Gasteiger partial charge in [-0.2, -0.15) is 0 Å². The van der Waals surface area contributed by atoms with Gasteiger partial charge in [-0.05, 0) is 38.1 Å². The Bertz CT molecular complexity index is 384. The average Bonchev–Trinajstić information content (AvgIpc) is 2.50. The smallest absolute Gasteiger partial charge is 0.127 e. The molecule has 0 spiro atoms. The van der Waals surface area contributed by atoms with Crippen LogP contribution in [0.5, 0.6) is 0 Å². The molecule has 0 aromatic heterocycles. The van der Waals surface area contributed by atoms with Crippen molar-refractivity contribution in [1.82, 2.24) is 10.2 Å². The second-order valence-electron chi connectivity index (χ2n) is 4.59. The molecule has 0 aliphatic carbocycles. The summed E-state index contributed by atoms with van der Waals surface area (Å²) in [6, 6.07) is 5.23. The zero-order valence-corrected chi connectivity index (χ0v) is 10.8. The lowest BCUT2D eigenvalue weighted by atomic mass is 10.1. The van der Waals surface area contributed by atoms with Crippen LogP contribution in [0.3, 0.4) is 0 Å². The van der Waals surface area contributed by atoms with Gasteiger partial charge < -0.3 is 5.32 Å². The standard InChI is InChI=1S/C13H18ClFN2/c1-10-4-5-16-6-7-17(10)9-11-8-12(14)2-3-13(11)15/h2-3,8,10,16H,4-7,9H2,1H3. The molecule has 1 saturated heterocycles. The van der Waals surface area contributed by atoms with Gasteiger partial charge in [-0.3, -0.25) is 4.90 Å². The van der Waals surface area contributed by atoms with Gasteiger partial charge in [-0.1, -0.05) is 11.6 Å². The zero-order chi connectivity index (χ0) is 12.3. The van der Waals surface area contributed by atoms with Crippen LogP contribution in [0.2, 0.25) is 5.02 Å². The molecule has 0 amide bonds. The molecule has 2 nitrogen and oxygen atoms in total. The Morgan fingerprint density at radius 3 is 3.12 bits per heavy atom. The molecule has 0 saturated carbocycles. The van der Waals surface area contributed by atoms with Crippen molar-refractivity contribution in [3.63, 3.8) is 0 Å². The first-order valence-electron chi connectivity index (χ1n) is 6.05. The predicted molar refractivity (Wildman–Crippen MR) is 68.8 cm³/mol. The molecule has 0 bridgehead atoms. The normalized spacial score (nSPS) is 22.4. The van der Waals surface area contributed by atoms with Gasteiger partial charge in [0.05, 0.1) is 0 Å². The van der Waals surface area contributed by atoms with Crippen molar-refractivity contribution in [1.29, 1.82) is 0 Å². The summed E-state index contributed by atoms with van der Waals surface area (Å²) >= 11 is 5.91. The summed E-state index contributed by atoms with van der Waals surface area (Å²) in [5.41, 5.74) is 0.686. The summed E-state index contributed by atoms with van der Waals surface area (Å²) in [6.07, 6.45) is 1.10. The molecule has 4 heteroatoms. The average molecular weight is 257 g/mol. The minimum atomic E-state index is -0.168. The monoisotopic (exact) mass is 256 g/mol. The minimum absolute atomic E-state index is 0.168. The fraction of sp³-hybridized carbons (Fsp3) is 0.538. The van der Waals surface area contributed by atoms with Crippen molar-refractivity contribution in [2.45, 2.75) is 25.9 Å². The summed E-state index contributed by atoms with van der Waals surface area (Å²) in [6.45, 7) is 5.78. The summed E-state index contributed by atoms with van der Waals surface area (Å²) in [5, 5.41) is 3.96. The maximum Gasteiger partial charge on any atom is 0.127 e. The number of nitrogens with one attached hydrogen (secondary N) is 1. The van der Waals surface area contributed by atoms with Crippen LogP contribution in [-0.4, -0.2) is 30.6 Å². The first kappa shape index (κ1) is 12.8. The number of rotatable bonds is 2. The SMILES string of the molecule is CC1CCNCCN1Cc1cc(Cl)ccc1F. The van der Waals surface area contributed by atoms with Crippen LogP contribution in [0.4, 0.5) is 4.39 Å². The van der Waals surface area contributed by atoms with E-state index in [1.807, 2.05) is 0 Å². The minimum Gasteiger partial charge on any atom is -0.315 e. The molecule has 94 valence electrons. The van der Waals surface area contributed by atoms with Crippen molar-refractivity contribution in [3.05, 3.63) is 34.6 Å². The number of benzene rings is 1. The highest BCUT2D eigenvalue weighted by Crippen LogP contribution is 2.18. The van der Waals surface area contributed by atoms with Gasteiger partial charge in [-0.25, -0.2) is 4.39 Å². The quantitative estimate of drug-likeness (QED) is 0.875. The molecule has 2 rings (SSSR count). The Morgan fingerprint density at radius 2 is 2.29 bits per heavy atom. The fourth-order valence-corrected chi connectivity index (χ4v) is 2.37. The van der Waals surface area contributed by atoms with Crippen molar-refractivity contribution in [3.8, 4) is 0 Å². The zero-order valence-electron chi connectivity index (χ0n) is 10.0. The maximum atomic E-state index is 13.7. The van der Waals surface area contributed by atoms with Gasteiger partial charge in [0, 0.05) is 36.3 Å². The van der Waals surface area contributed by atoms with E-state index in [2.05, 4.69) is 17.1 Å². The lowest BCUT2D eigenvalue weighted by Gasteiger charge is -2.26. The second-order valence-corrected chi connectivity index (χ2v) is 5.03. The maximum absolute atomic E-state index is 13.7. The van der Waals surface area contributed by atoms with Crippen LogP contribution in [0.15, 0.2) is 18.2 Å². The van der Waals surface area contributed by atoms with Gasteiger partial charge in [0.2, 0.25) is 0 Å². The van der Waals surface area contributed by atoms with Crippen molar-refractivity contribution >= 4 is 11.6 Å². The predicted octanol–water partition coefficient (Wildman–Crippen LogP) is 2.66. The van der Waals surface area contributed by atoms with Gasteiger partial charge >= 0.3 is 0 Å². The lowest BCUT2D eigenvalue weighted by Crippen LogP contribution is -2.34. The molecule has 1 atom stereocenters. The van der Waals surface area contributed by atoms with Crippen molar-refractivity contribution in [2.24, 2.45) is 0 Å². The third kappa shape index (κ3) is 3.41. The molecule has 1 aromatic carbocycles. The van der Waals surface area contributed by atoms with E-state index in [1.54, 1.807) is 12.1 Å². The Morgan fingerprint density at radius 1 is 1.47 bits per heavy atom. The van der Waals surface area contributed by atoms with E-state index in [0.717, 1.165) is 26.1 Å². The van der Waals surface area contributed by atoms with Gasteiger partial charge in [0.25, 0.3) is 0 Å². The number of halogens is 2. The summed E-state index contributed by atoms with van der Waals surface area (Å²) in [5.74, 6) is -0.168. The second kappa shape index (κ2) is 5.80. The number of nitrogens with zero attached hydrogens (tertiary/aromatic N) is 1. The van der Waals surface area contributed by atoms with Crippen LogP contribution in [0.1, 0.15) is 18.9 Å². The van der Waals surface area contributed by atoms with Gasteiger partial charge in [0.1, 0.15) is 5.82 Å². The third-order valence-electron chi connectivity index (χ3n) is 3.32. The summed E-state index contributed by atoms with van der Waals surface area (Å²) < 4.78 is 13.7. The fourth-order valence-electron chi connectivity index (χ4n) is 2.18.